The highest BCUT2D eigenvalue weighted by Gasteiger charge is 2.35. The summed E-state index contributed by atoms with van der Waals surface area (Å²) < 4.78 is 50.8. The van der Waals surface area contributed by atoms with Crippen molar-refractivity contribution in [3.05, 3.63) is 58.9 Å². The van der Waals surface area contributed by atoms with E-state index in [4.69, 9.17) is 4.74 Å². The molecule has 2 aromatic heterocycles. The molecule has 0 saturated carbocycles. The van der Waals surface area contributed by atoms with Crippen LogP contribution in [0.4, 0.5) is 24.0 Å². The van der Waals surface area contributed by atoms with E-state index in [1.54, 1.807) is 18.5 Å². The maximum absolute atomic E-state index is 13.5. The third-order valence-corrected chi connectivity index (χ3v) is 6.15. The van der Waals surface area contributed by atoms with Gasteiger partial charge in [0.15, 0.2) is 5.13 Å². The van der Waals surface area contributed by atoms with Crippen molar-refractivity contribution in [2.24, 2.45) is 0 Å². The highest BCUT2D eigenvalue weighted by molar-refractivity contribution is 7.14. The number of hydrogen-bond donors (Lipinski definition) is 1. The zero-order valence-electron chi connectivity index (χ0n) is 18.4. The number of rotatable bonds is 6. The molecule has 0 unspecified atom stereocenters. The first kappa shape index (κ1) is 24.4. The average molecular weight is 507 g/mol. The summed E-state index contributed by atoms with van der Waals surface area (Å²) in [6.07, 6.45) is -0.251. The minimum atomic E-state index is -4.79. The molecule has 0 spiro atoms. The molecule has 0 bridgehead atoms. The predicted molar refractivity (Wildman–Crippen MR) is 121 cm³/mol. The van der Waals surface area contributed by atoms with E-state index in [9.17, 15) is 22.8 Å². The number of thiazole rings is 1. The van der Waals surface area contributed by atoms with Gasteiger partial charge in [-0.25, -0.2) is 19.7 Å². The lowest BCUT2D eigenvalue weighted by atomic mass is 10.1. The normalized spacial score (nSPS) is 14.5. The summed E-state index contributed by atoms with van der Waals surface area (Å²) in [6, 6.07) is 4.82. The molecule has 3 aromatic rings. The summed E-state index contributed by atoms with van der Waals surface area (Å²) in [7, 11) is 1.07. The number of benzene rings is 1. The van der Waals surface area contributed by atoms with Crippen LogP contribution < -0.4 is 15.0 Å². The molecule has 1 N–H and O–H groups in total. The van der Waals surface area contributed by atoms with Gasteiger partial charge in [0.25, 0.3) is 5.91 Å². The zero-order valence-corrected chi connectivity index (χ0v) is 19.2. The molecule has 1 saturated heterocycles. The Hall–Kier alpha value is -3.74. The summed E-state index contributed by atoms with van der Waals surface area (Å²) in [5.41, 5.74) is -1.93. The Morgan fingerprint density at radius 3 is 2.54 bits per heavy atom. The molecule has 35 heavy (non-hydrogen) atoms. The van der Waals surface area contributed by atoms with Crippen LogP contribution in [0.5, 0.6) is 6.01 Å². The van der Waals surface area contributed by atoms with Crippen LogP contribution >= 0.6 is 11.3 Å². The number of amides is 1. The summed E-state index contributed by atoms with van der Waals surface area (Å²) in [6.45, 7) is 1.25. The summed E-state index contributed by atoms with van der Waals surface area (Å²) >= 11 is 1.22. The number of halogens is 3. The number of carbonyl (C=O) groups excluding carboxylic acids is 2. The van der Waals surface area contributed by atoms with E-state index in [1.807, 2.05) is 4.90 Å². The fourth-order valence-corrected chi connectivity index (χ4v) is 4.35. The molecular weight excluding hydrogens is 487 g/mol. The molecule has 0 aliphatic carbocycles. The van der Waals surface area contributed by atoms with Gasteiger partial charge in [0.2, 0.25) is 0 Å². The van der Waals surface area contributed by atoms with Crippen LogP contribution in [0.15, 0.2) is 42.0 Å². The number of anilines is 2. The second-order valence-electron chi connectivity index (χ2n) is 7.55. The predicted octanol–water partition coefficient (Wildman–Crippen LogP) is 4.04. The molecule has 9 nitrogen and oxygen atoms in total. The summed E-state index contributed by atoms with van der Waals surface area (Å²) in [5.74, 6) is -1.70. The first-order chi connectivity index (χ1) is 16.7. The van der Waals surface area contributed by atoms with Gasteiger partial charge in [-0.3, -0.25) is 4.79 Å². The highest BCUT2D eigenvalue weighted by Crippen LogP contribution is 2.36. The minimum Gasteiger partial charge on any atom is -0.465 e. The number of ether oxygens (including phenoxy) is 2. The molecule has 184 valence electrons. The molecule has 1 fully saturated rings. The van der Waals surface area contributed by atoms with E-state index in [0.717, 1.165) is 19.2 Å². The third-order valence-electron chi connectivity index (χ3n) is 5.25. The van der Waals surface area contributed by atoms with Crippen molar-refractivity contribution < 1.29 is 32.2 Å². The third kappa shape index (κ3) is 5.85. The van der Waals surface area contributed by atoms with Crippen LogP contribution in [0.25, 0.3) is 0 Å². The molecule has 13 heteroatoms. The lowest BCUT2D eigenvalue weighted by Gasteiger charge is -2.31. The second-order valence-corrected chi connectivity index (χ2v) is 8.39. The van der Waals surface area contributed by atoms with Gasteiger partial charge in [0.05, 0.1) is 23.9 Å². The van der Waals surface area contributed by atoms with Crippen LogP contribution in [-0.4, -0.2) is 53.1 Å². The number of aromatic nitrogens is 3. The topological polar surface area (TPSA) is 107 Å². The summed E-state index contributed by atoms with van der Waals surface area (Å²) in [5, 5.41) is 4.32. The first-order valence-electron chi connectivity index (χ1n) is 10.5. The molecule has 4 rings (SSSR count). The number of carbonyl (C=O) groups is 2. The van der Waals surface area contributed by atoms with Crippen molar-refractivity contribution >= 4 is 34.0 Å². The zero-order chi connectivity index (χ0) is 25.0. The molecule has 1 aliphatic rings. The van der Waals surface area contributed by atoms with Crippen LogP contribution in [0.1, 0.15) is 39.3 Å². The van der Waals surface area contributed by atoms with Gasteiger partial charge in [-0.2, -0.15) is 13.2 Å². The maximum atomic E-state index is 13.5. The SMILES string of the molecule is COC(=O)c1ccc(NC(=O)c2csc(N3CCC(Oc4ncccn4)CC3)n2)c(C(F)(F)F)c1. The fraction of sp³-hybridized carbons (Fsp3) is 0.318. The Morgan fingerprint density at radius 2 is 1.89 bits per heavy atom. The van der Waals surface area contributed by atoms with Crippen molar-refractivity contribution in [3.63, 3.8) is 0 Å². The number of piperidine rings is 1. The summed E-state index contributed by atoms with van der Waals surface area (Å²) in [4.78, 5) is 38.6. The number of alkyl halides is 3. The molecular formula is C22H20F3N5O4S. The van der Waals surface area contributed by atoms with Crippen molar-refractivity contribution in [3.8, 4) is 6.01 Å². The van der Waals surface area contributed by atoms with Crippen LogP contribution in [-0.2, 0) is 10.9 Å². The number of nitrogens with zero attached hydrogens (tertiary/aromatic N) is 4. The van der Waals surface area contributed by atoms with Gasteiger partial charge in [-0.1, -0.05) is 0 Å². The van der Waals surface area contributed by atoms with Crippen molar-refractivity contribution in [1.82, 2.24) is 15.0 Å². The molecule has 1 aromatic carbocycles. The van der Waals surface area contributed by atoms with E-state index in [-0.39, 0.29) is 17.4 Å². The average Bonchev–Trinajstić information content (AvgIpc) is 3.35. The Kier molecular flexibility index (Phi) is 7.15. The van der Waals surface area contributed by atoms with Gasteiger partial charge in [0, 0.05) is 43.7 Å². The van der Waals surface area contributed by atoms with Crippen molar-refractivity contribution in [1.29, 1.82) is 0 Å². The quantitative estimate of drug-likeness (QED) is 0.499. The Labute approximate surface area is 201 Å². The van der Waals surface area contributed by atoms with Gasteiger partial charge >= 0.3 is 18.2 Å². The lowest BCUT2D eigenvalue weighted by molar-refractivity contribution is -0.136. The molecule has 1 aliphatic heterocycles. The van der Waals surface area contributed by atoms with E-state index >= 15 is 0 Å². The fourth-order valence-electron chi connectivity index (χ4n) is 3.49. The molecule has 1 amide bonds. The Bertz CT molecular complexity index is 1200. The van der Waals surface area contributed by atoms with E-state index < -0.39 is 29.3 Å². The monoisotopic (exact) mass is 507 g/mol. The van der Waals surface area contributed by atoms with E-state index in [0.29, 0.717) is 43.1 Å². The number of nitrogens with one attached hydrogen (secondary N) is 1. The highest BCUT2D eigenvalue weighted by atomic mass is 32.1. The van der Waals surface area contributed by atoms with Gasteiger partial charge < -0.3 is 19.7 Å². The lowest BCUT2D eigenvalue weighted by Crippen LogP contribution is -2.38. The second kappa shape index (κ2) is 10.3. The first-order valence-corrected chi connectivity index (χ1v) is 11.4. The van der Waals surface area contributed by atoms with E-state index in [1.165, 1.54) is 16.7 Å². The van der Waals surface area contributed by atoms with Gasteiger partial charge in [0.1, 0.15) is 11.8 Å². The number of hydrogen-bond acceptors (Lipinski definition) is 9. The Balaban J connectivity index is 1.40. The maximum Gasteiger partial charge on any atom is 0.418 e. The standard InChI is InChI=1S/C22H20F3N5O4S/c1-33-19(32)13-3-4-16(15(11-13)22(23,24)25)28-18(31)17-12-35-21(29-17)30-9-5-14(6-10-30)34-20-26-7-2-8-27-20/h2-4,7-8,11-12,14H,5-6,9-10H2,1H3,(H,28,31). The van der Waals surface area contributed by atoms with Gasteiger partial charge in [-0.15, -0.1) is 11.3 Å². The van der Waals surface area contributed by atoms with Crippen LogP contribution in [0.2, 0.25) is 0 Å². The van der Waals surface area contributed by atoms with Gasteiger partial charge in [-0.05, 0) is 24.3 Å². The Morgan fingerprint density at radius 1 is 1.17 bits per heavy atom. The number of esters is 1. The smallest absolute Gasteiger partial charge is 0.418 e. The van der Waals surface area contributed by atoms with Crippen LogP contribution in [0.3, 0.4) is 0 Å². The number of methoxy groups -OCH3 is 1. The van der Waals surface area contributed by atoms with E-state index in [2.05, 4.69) is 25.0 Å². The molecule has 3 heterocycles. The van der Waals surface area contributed by atoms with Crippen molar-refractivity contribution in [2.75, 3.05) is 30.4 Å². The van der Waals surface area contributed by atoms with Crippen molar-refractivity contribution in [2.45, 2.75) is 25.1 Å². The minimum absolute atomic E-state index is 0.00812. The van der Waals surface area contributed by atoms with Crippen LogP contribution in [0, 0.1) is 0 Å². The largest absolute Gasteiger partial charge is 0.465 e. The molecule has 0 atom stereocenters. The molecule has 0 radical (unpaired) electrons.